The number of aliphatic hydroxyl groups excluding tert-OH is 1. The molecule has 2 atom stereocenters. The Labute approximate surface area is 171 Å². The van der Waals surface area contributed by atoms with Crippen molar-refractivity contribution in [2.45, 2.75) is 25.0 Å². The Kier molecular flexibility index (Phi) is 4.49. The molecule has 29 heavy (non-hydrogen) atoms. The first-order valence-electron chi connectivity index (χ1n) is 9.65. The number of aromatic amines is 1. The van der Waals surface area contributed by atoms with Crippen molar-refractivity contribution in [3.63, 3.8) is 0 Å². The summed E-state index contributed by atoms with van der Waals surface area (Å²) >= 11 is 1.30. The molecular formula is C22H20N2O4S. The number of benzene rings is 1. The molecule has 0 spiro atoms. The second kappa shape index (κ2) is 7.17. The van der Waals surface area contributed by atoms with Gasteiger partial charge in [0.05, 0.1) is 22.6 Å². The minimum Gasteiger partial charge on any atom is -0.503 e. The van der Waals surface area contributed by atoms with Crippen LogP contribution in [0.1, 0.15) is 34.1 Å². The number of nitrogens with one attached hydrogen (secondary N) is 1. The van der Waals surface area contributed by atoms with Crippen molar-refractivity contribution in [2.24, 2.45) is 0 Å². The molecule has 2 N–H and O–H groups in total. The number of thiophene rings is 1. The van der Waals surface area contributed by atoms with E-state index in [-0.39, 0.29) is 17.5 Å². The van der Waals surface area contributed by atoms with Gasteiger partial charge in [-0.2, -0.15) is 0 Å². The fourth-order valence-corrected chi connectivity index (χ4v) is 4.94. The molecule has 2 aliphatic rings. The SMILES string of the molecule is O=C(C1=C(O)C(=O)N(CC2CCCO2)C1c1c[nH]c2ccccc12)c1cccs1. The van der Waals surface area contributed by atoms with Crippen LogP contribution in [0.5, 0.6) is 0 Å². The predicted molar refractivity (Wildman–Crippen MR) is 110 cm³/mol. The van der Waals surface area contributed by atoms with E-state index < -0.39 is 17.7 Å². The summed E-state index contributed by atoms with van der Waals surface area (Å²) < 4.78 is 5.73. The molecule has 6 nitrogen and oxygen atoms in total. The van der Waals surface area contributed by atoms with Crippen LogP contribution in [0.3, 0.4) is 0 Å². The Morgan fingerprint density at radius 2 is 2.14 bits per heavy atom. The quantitative estimate of drug-likeness (QED) is 0.626. The lowest BCUT2D eigenvalue weighted by atomic mass is 9.95. The van der Waals surface area contributed by atoms with Gasteiger partial charge in [-0.1, -0.05) is 24.3 Å². The van der Waals surface area contributed by atoms with E-state index in [1.807, 2.05) is 35.8 Å². The Morgan fingerprint density at radius 1 is 1.28 bits per heavy atom. The third kappa shape index (κ3) is 2.97. The molecule has 0 radical (unpaired) electrons. The number of amides is 1. The standard InChI is InChI=1S/C22H20N2O4S/c25-20(17-8-4-10-29-17)18-19(15-11-23-16-7-2-1-6-14(15)16)24(22(27)21(18)26)12-13-5-3-9-28-13/h1-2,4,6-8,10-11,13,19,23,26H,3,5,9,12H2. The Balaban J connectivity index is 1.63. The van der Waals surface area contributed by atoms with E-state index in [4.69, 9.17) is 4.74 Å². The summed E-state index contributed by atoms with van der Waals surface area (Å²) in [6, 6.07) is 10.6. The van der Waals surface area contributed by atoms with Gasteiger partial charge in [0.1, 0.15) is 0 Å². The van der Waals surface area contributed by atoms with E-state index in [1.54, 1.807) is 17.0 Å². The zero-order valence-electron chi connectivity index (χ0n) is 15.6. The van der Waals surface area contributed by atoms with E-state index >= 15 is 0 Å². The molecule has 1 saturated heterocycles. The lowest BCUT2D eigenvalue weighted by Gasteiger charge is -2.28. The third-order valence-electron chi connectivity index (χ3n) is 5.63. The lowest BCUT2D eigenvalue weighted by molar-refractivity contribution is -0.131. The van der Waals surface area contributed by atoms with Gasteiger partial charge in [-0.3, -0.25) is 9.59 Å². The van der Waals surface area contributed by atoms with Crippen LogP contribution >= 0.6 is 11.3 Å². The summed E-state index contributed by atoms with van der Waals surface area (Å²) in [5.41, 5.74) is 1.86. The van der Waals surface area contributed by atoms with Crippen LogP contribution in [0.4, 0.5) is 0 Å². The van der Waals surface area contributed by atoms with Crippen LogP contribution < -0.4 is 0 Å². The van der Waals surface area contributed by atoms with Gasteiger partial charge in [0.15, 0.2) is 5.76 Å². The number of ketones is 1. The number of nitrogens with zero attached hydrogens (tertiary/aromatic N) is 1. The molecule has 2 unspecified atom stereocenters. The van der Waals surface area contributed by atoms with Gasteiger partial charge >= 0.3 is 0 Å². The maximum absolute atomic E-state index is 13.3. The number of para-hydroxylation sites is 1. The number of aliphatic hydroxyl groups is 1. The monoisotopic (exact) mass is 408 g/mol. The molecule has 0 aliphatic carbocycles. The number of fused-ring (bicyclic) bond motifs is 1. The van der Waals surface area contributed by atoms with E-state index in [9.17, 15) is 14.7 Å². The van der Waals surface area contributed by atoms with E-state index in [0.29, 0.717) is 18.0 Å². The Hall–Kier alpha value is -2.90. The van der Waals surface area contributed by atoms with Crippen molar-refractivity contribution in [1.29, 1.82) is 0 Å². The average molecular weight is 408 g/mol. The minimum absolute atomic E-state index is 0.0874. The van der Waals surface area contributed by atoms with Crippen LogP contribution in [0.25, 0.3) is 10.9 Å². The van der Waals surface area contributed by atoms with Crippen LogP contribution in [0.2, 0.25) is 0 Å². The summed E-state index contributed by atoms with van der Waals surface area (Å²) in [6.07, 6.45) is 3.55. The summed E-state index contributed by atoms with van der Waals surface area (Å²) in [6.45, 7) is 1.01. The topological polar surface area (TPSA) is 82.6 Å². The first-order chi connectivity index (χ1) is 14.1. The molecule has 1 fully saturated rings. The smallest absolute Gasteiger partial charge is 0.290 e. The number of hydrogen-bond acceptors (Lipinski definition) is 5. The molecule has 5 rings (SSSR count). The van der Waals surface area contributed by atoms with Crippen molar-refractivity contribution in [3.8, 4) is 0 Å². The highest BCUT2D eigenvalue weighted by Crippen LogP contribution is 2.42. The highest BCUT2D eigenvalue weighted by molar-refractivity contribution is 7.12. The Bertz CT molecular complexity index is 1110. The lowest BCUT2D eigenvalue weighted by Crippen LogP contribution is -2.37. The molecule has 0 bridgehead atoms. The number of rotatable bonds is 5. The maximum atomic E-state index is 13.3. The second-order valence-corrected chi connectivity index (χ2v) is 8.30. The predicted octanol–water partition coefficient (Wildman–Crippen LogP) is 3.99. The molecular weight excluding hydrogens is 388 g/mol. The highest BCUT2D eigenvalue weighted by atomic mass is 32.1. The number of Topliss-reactive ketones (excluding diaryl/α,β-unsaturated/α-hetero) is 1. The second-order valence-electron chi connectivity index (χ2n) is 7.35. The van der Waals surface area contributed by atoms with Crippen LogP contribution in [0, 0.1) is 0 Å². The van der Waals surface area contributed by atoms with Gasteiger partial charge in [0.2, 0.25) is 5.78 Å². The molecule has 1 amide bonds. The summed E-state index contributed by atoms with van der Waals surface area (Å²) in [5, 5.41) is 13.5. The molecule has 1 aromatic carbocycles. The van der Waals surface area contributed by atoms with Crippen molar-refractivity contribution >= 4 is 33.9 Å². The molecule has 3 aromatic rings. The molecule has 0 saturated carbocycles. The van der Waals surface area contributed by atoms with Crippen molar-refractivity contribution in [1.82, 2.24) is 9.88 Å². The van der Waals surface area contributed by atoms with Gasteiger partial charge < -0.3 is 19.7 Å². The van der Waals surface area contributed by atoms with Crippen LogP contribution in [-0.4, -0.2) is 45.9 Å². The normalized spacial score (nSPS) is 22.2. The largest absolute Gasteiger partial charge is 0.503 e. The van der Waals surface area contributed by atoms with E-state index in [0.717, 1.165) is 29.3 Å². The van der Waals surface area contributed by atoms with Gasteiger partial charge in [-0.25, -0.2) is 0 Å². The summed E-state index contributed by atoms with van der Waals surface area (Å²) in [4.78, 5) is 31.6. The molecule has 2 aromatic heterocycles. The fraction of sp³-hybridized carbons (Fsp3) is 0.273. The van der Waals surface area contributed by atoms with Crippen molar-refractivity contribution in [3.05, 3.63) is 69.7 Å². The fourth-order valence-electron chi connectivity index (χ4n) is 4.27. The molecule has 4 heterocycles. The zero-order chi connectivity index (χ0) is 20.0. The number of ether oxygens (including phenoxy) is 1. The first kappa shape index (κ1) is 18.1. The van der Waals surface area contributed by atoms with E-state index in [1.165, 1.54) is 11.3 Å². The number of hydrogen-bond donors (Lipinski definition) is 2. The molecule has 7 heteroatoms. The van der Waals surface area contributed by atoms with E-state index in [2.05, 4.69) is 4.98 Å². The number of H-pyrrole nitrogens is 1. The third-order valence-corrected chi connectivity index (χ3v) is 6.50. The molecule has 148 valence electrons. The summed E-state index contributed by atoms with van der Waals surface area (Å²) in [5.74, 6) is -1.29. The van der Waals surface area contributed by atoms with Crippen molar-refractivity contribution in [2.75, 3.05) is 13.2 Å². The zero-order valence-corrected chi connectivity index (χ0v) is 16.4. The molecule has 2 aliphatic heterocycles. The minimum atomic E-state index is -0.655. The maximum Gasteiger partial charge on any atom is 0.290 e. The average Bonchev–Trinajstić information content (AvgIpc) is 3.52. The van der Waals surface area contributed by atoms with Gasteiger partial charge in [-0.15, -0.1) is 11.3 Å². The van der Waals surface area contributed by atoms with Gasteiger partial charge in [-0.05, 0) is 30.4 Å². The van der Waals surface area contributed by atoms with Crippen LogP contribution in [-0.2, 0) is 9.53 Å². The van der Waals surface area contributed by atoms with Crippen molar-refractivity contribution < 1.29 is 19.4 Å². The summed E-state index contributed by atoms with van der Waals surface area (Å²) in [7, 11) is 0. The number of carbonyl (C=O) groups is 2. The number of carbonyl (C=O) groups excluding carboxylic acids is 2. The first-order valence-corrected chi connectivity index (χ1v) is 10.5. The Morgan fingerprint density at radius 3 is 2.90 bits per heavy atom. The highest BCUT2D eigenvalue weighted by Gasteiger charge is 2.45. The van der Waals surface area contributed by atoms with Gasteiger partial charge in [0.25, 0.3) is 5.91 Å². The van der Waals surface area contributed by atoms with Crippen LogP contribution in [0.15, 0.2) is 59.3 Å². The number of aromatic nitrogens is 1. The van der Waals surface area contributed by atoms with Gasteiger partial charge in [0, 0.05) is 35.8 Å².